The Balaban J connectivity index is 1.56. The SMILES string of the molecule is CCOC1CCN(C(=O)CN2C(=O)N[C@@](C)(C3CC3)C2=O)CC1. The number of carbonyl (C=O) groups is 3. The summed E-state index contributed by atoms with van der Waals surface area (Å²) >= 11 is 0. The number of piperidine rings is 1. The van der Waals surface area contributed by atoms with Crippen LogP contribution in [0.5, 0.6) is 0 Å². The lowest BCUT2D eigenvalue weighted by atomic mass is 9.96. The van der Waals surface area contributed by atoms with Crippen molar-refractivity contribution in [2.45, 2.75) is 51.2 Å². The van der Waals surface area contributed by atoms with Crippen LogP contribution >= 0.6 is 0 Å². The second-order valence-corrected chi connectivity index (χ2v) is 6.83. The number of nitrogens with zero attached hydrogens (tertiary/aromatic N) is 2. The van der Waals surface area contributed by atoms with Crippen LogP contribution in [0.4, 0.5) is 4.79 Å². The minimum atomic E-state index is -0.820. The van der Waals surface area contributed by atoms with E-state index in [0.29, 0.717) is 19.7 Å². The van der Waals surface area contributed by atoms with E-state index in [1.165, 1.54) is 0 Å². The first-order valence-electron chi connectivity index (χ1n) is 8.49. The summed E-state index contributed by atoms with van der Waals surface area (Å²) in [5, 5.41) is 2.77. The lowest BCUT2D eigenvalue weighted by Crippen LogP contribution is -2.48. The molecule has 0 aromatic carbocycles. The van der Waals surface area contributed by atoms with Gasteiger partial charge in [0.05, 0.1) is 6.10 Å². The molecule has 7 nitrogen and oxygen atoms in total. The van der Waals surface area contributed by atoms with Gasteiger partial charge < -0.3 is 15.0 Å². The topological polar surface area (TPSA) is 79.0 Å². The Labute approximate surface area is 136 Å². The third-order valence-electron chi connectivity index (χ3n) is 5.19. The molecule has 128 valence electrons. The molecule has 4 amide bonds. The fraction of sp³-hybridized carbons (Fsp3) is 0.812. The first-order chi connectivity index (χ1) is 11.0. The number of hydrogen-bond acceptors (Lipinski definition) is 4. The summed E-state index contributed by atoms with van der Waals surface area (Å²) in [4.78, 5) is 39.8. The molecule has 2 aliphatic heterocycles. The maximum absolute atomic E-state index is 12.5. The van der Waals surface area contributed by atoms with Gasteiger partial charge in [-0.1, -0.05) is 0 Å². The molecular weight excluding hydrogens is 298 g/mol. The molecule has 2 saturated heterocycles. The van der Waals surface area contributed by atoms with Crippen LogP contribution in [-0.4, -0.2) is 65.5 Å². The van der Waals surface area contributed by atoms with E-state index >= 15 is 0 Å². The van der Waals surface area contributed by atoms with Crippen molar-refractivity contribution >= 4 is 17.8 Å². The number of imide groups is 1. The molecule has 23 heavy (non-hydrogen) atoms. The molecule has 7 heteroatoms. The second kappa shape index (κ2) is 6.11. The highest BCUT2D eigenvalue weighted by Gasteiger charge is 2.56. The second-order valence-electron chi connectivity index (χ2n) is 6.83. The van der Waals surface area contributed by atoms with Gasteiger partial charge in [-0.05, 0) is 45.4 Å². The molecule has 0 bridgehead atoms. The quantitative estimate of drug-likeness (QED) is 0.757. The highest BCUT2D eigenvalue weighted by atomic mass is 16.5. The van der Waals surface area contributed by atoms with Gasteiger partial charge in [0, 0.05) is 19.7 Å². The first kappa shape index (κ1) is 16.2. The van der Waals surface area contributed by atoms with Gasteiger partial charge in [0.25, 0.3) is 5.91 Å². The van der Waals surface area contributed by atoms with Crippen LogP contribution in [0.25, 0.3) is 0 Å². The van der Waals surface area contributed by atoms with Crippen LogP contribution in [0.1, 0.15) is 39.5 Å². The van der Waals surface area contributed by atoms with Crippen molar-refractivity contribution in [3.8, 4) is 0 Å². The summed E-state index contributed by atoms with van der Waals surface area (Å²) in [6.45, 7) is 5.49. The molecule has 0 radical (unpaired) electrons. The van der Waals surface area contributed by atoms with Crippen LogP contribution in [0, 0.1) is 5.92 Å². The molecule has 1 N–H and O–H groups in total. The van der Waals surface area contributed by atoms with Crippen molar-refractivity contribution in [3.05, 3.63) is 0 Å². The Morgan fingerprint density at radius 1 is 1.26 bits per heavy atom. The highest BCUT2D eigenvalue weighted by Crippen LogP contribution is 2.42. The van der Waals surface area contributed by atoms with Gasteiger partial charge >= 0.3 is 6.03 Å². The number of likely N-dealkylation sites (tertiary alicyclic amines) is 1. The van der Waals surface area contributed by atoms with Crippen LogP contribution < -0.4 is 5.32 Å². The predicted molar refractivity (Wildman–Crippen MR) is 82.6 cm³/mol. The van der Waals surface area contributed by atoms with Gasteiger partial charge in [-0.2, -0.15) is 0 Å². The average Bonchev–Trinajstić information content (AvgIpc) is 3.34. The zero-order valence-electron chi connectivity index (χ0n) is 13.8. The normalized spacial score (nSPS) is 29.1. The maximum Gasteiger partial charge on any atom is 0.325 e. The molecule has 1 atom stereocenters. The molecule has 3 aliphatic rings. The highest BCUT2D eigenvalue weighted by molar-refractivity contribution is 6.09. The molecule has 2 heterocycles. The monoisotopic (exact) mass is 323 g/mol. The Hall–Kier alpha value is -1.63. The van der Waals surface area contributed by atoms with Gasteiger partial charge in [0.15, 0.2) is 0 Å². The lowest BCUT2D eigenvalue weighted by Gasteiger charge is -2.32. The van der Waals surface area contributed by atoms with E-state index in [1.807, 2.05) is 6.92 Å². The van der Waals surface area contributed by atoms with E-state index in [1.54, 1.807) is 11.8 Å². The van der Waals surface area contributed by atoms with Crippen LogP contribution in [0.2, 0.25) is 0 Å². The lowest BCUT2D eigenvalue weighted by molar-refractivity contribution is -0.140. The van der Waals surface area contributed by atoms with E-state index < -0.39 is 11.6 Å². The predicted octanol–water partition coefficient (Wildman–Crippen LogP) is 0.734. The number of hydrogen-bond donors (Lipinski definition) is 1. The Morgan fingerprint density at radius 2 is 1.91 bits per heavy atom. The zero-order valence-corrected chi connectivity index (χ0v) is 13.8. The molecule has 1 saturated carbocycles. The van der Waals surface area contributed by atoms with Crippen LogP contribution in [-0.2, 0) is 14.3 Å². The van der Waals surface area contributed by atoms with Crippen molar-refractivity contribution in [1.82, 2.24) is 15.1 Å². The van der Waals surface area contributed by atoms with Gasteiger partial charge in [0.2, 0.25) is 5.91 Å². The number of carbonyl (C=O) groups excluding carboxylic acids is 3. The fourth-order valence-electron chi connectivity index (χ4n) is 3.54. The maximum atomic E-state index is 12.5. The van der Waals surface area contributed by atoms with Crippen molar-refractivity contribution in [1.29, 1.82) is 0 Å². The largest absolute Gasteiger partial charge is 0.378 e. The third-order valence-corrected chi connectivity index (χ3v) is 5.19. The summed E-state index contributed by atoms with van der Waals surface area (Å²) in [6.07, 6.45) is 3.72. The van der Waals surface area contributed by atoms with Gasteiger partial charge in [-0.3, -0.25) is 14.5 Å². The summed E-state index contributed by atoms with van der Waals surface area (Å²) in [6, 6.07) is -0.443. The number of ether oxygens (including phenoxy) is 1. The Bertz CT molecular complexity index is 511. The van der Waals surface area contributed by atoms with Gasteiger partial charge in [-0.15, -0.1) is 0 Å². The van der Waals surface area contributed by atoms with Crippen LogP contribution in [0.15, 0.2) is 0 Å². The van der Waals surface area contributed by atoms with Crippen molar-refractivity contribution < 1.29 is 19.1 Å². The number of amides is 4. The van der Waals surface area contributed by atoms with Crippen LogP contribution in [0.3, 0.4) is 0 Å². The van der Waals surface area contributed by atoms with Crippen molar-refractivity contribution in [3.63, 3.8) is 0 Å². The van der Waals surface area contributed by atoms with Crippen molar-refractivity contribution in [2.75, 3.05) is 26.2 Å². The summed E-state index contributed by atoms with van der Waals surface area (Å²) in [5.41, 5.74) is -0.820. The van der Waals surface area contributed by atoms with Gasteiger partial charge in [0.1, 0.15) is 12.1 Å². The minimum Gasteiger partial charge on any atom is -0.378 e. The molecule has 0 aromatic heterocycles. The van der Waals surface area contributed by atoms with E-state index in [2.05, 4.69) is 5.32 Å². The summed E-state index contributed by atoms with van der Waals surface area (Å²) in [5.74, 6) is -0.216. The van der Waals surface area contributed by atoms with E-state index in [9.17, 15) is 14.4 Å². The molecule has 3 rings (SSSR count). The number of nitrogens with one attached hydrogen (secondary N) is 1. The number of urea groups is 1. The minimum absolute atomic E-state index is 0.160. The first-order valence-corrected chi connectivity index (χ1v) is 8.49. The van der Waals surface area contributed by atoms with E-state index in [4.69, 9.17) is 4.74 Å². The van der Waals surface area contributed by atoms with E-state index in [0.717, 1.165) is 30.6 Å². The van der Waals surface area contributed by atoms with Gasteiger partial charge in [-0.25, -0.2) is 4.79 Å². The Kier molecular flexibility index (Phi) is 4.31. The molecule has 0 spiro atoms. The zero-order chi connectivity index (χ0) is 16.6. The standard InChI is InChI=1S/C16H25N3O4/c1-3-23-12-6-8-18(9-7-12)13(20)10-19-14(21)16(2,11-4-5-11)17-15(19)22/h11-12H,3-10H2,1-2H3,(H,17,22)/t16-/m0/s1. The molecule has 3 fully saturated rings. The third kappa shape index (κ3) is 3.06. The Morgan fingerprint density at radius 3 is 2.48 bits per heavy atom. The summed E-state index contributed by atoms with van der Waals surface area (Å²) < 4.78 is 5.57. The molecule has 1 aliphatic carbocycles. The van der Waals surface area contributed by atoms with Crippen molar-refractivity contribution in [2.24, 2.45) is 5.92 Å². The smallest absolute Gasteiger partial charge is 0.325 e. The van der Waals surface area contributed by atoms with E-state index in [-0.39, 0.29) is 30.4 Å². The fourth-order valence-corrected chi connectivity index (χ4v) is 3.54. The number of rotatable bonds is 5. The molecular formula is C16H25N3O4. The molecule has 0 unspecified atom stereocenters. The summed E-state index contributed by atoms with van der Waals surface area (Å²) in [7, 11) is 0. The average molecular weight is 323 g/mol. The molecule has 0 aromatic rings.